The van der Waals surface area contributed by atoms with Gasteiger partial charge in [-0.2, -0.15) is 0 Å². The molecule has 0 saturated heterocycles. The molecule has 4 rings (SSSR count). The molecule has 8 heteroatoms. The van der Waals surface area contributed by atoms with E-state index in [1.54, 1.807) is 17.8 Å². The summed E-state index contributed by atoms with van der Waals surface area (Å²) in [5.41, 5.74) is 1.89. The standard InChI is InChI=1S/C21H18BrClFNO2S.CH4O/c1-2-27-21(26)12-7-8-25-17-11-14(24)10-16(22)19(17)20(18(25)9-12)28-15-5-3-13(23)4-6-15;1-2/h3-6,10-12H,2,7-9H2,1H3;2H,1H3. The fourth-order valence-electron chi connectivity index (χ4n) is 3.68. The summed E-state index contributed by atoms with van der Waals surface area (Å²) in [6.07, 6.45) is 1.27. The first-order valence-corrected chi connectivity index (χ1v) is 11.5. The quantitative estimate of drug-likeness (QED) is 0.429. The number of ether oxygens (including phenoxy) is 1. The number of aliphatic hydroxyl groups is 1. The number of nitrogens with zero attached hydrogens (tertiary/aromatic N) is 1. The first-order chi connectivity index (χ1) is 14.5. The van der Waals surface area contributed by atoms with Crippen LogP contribution in [0.5, 0.6) is 0 Å². The first-order valence-electron chi connectivity index (χ1n) is 9.52. The molecule has 2 aromatic carbocycles. The van der Waals surface area contributed by atoms with E-state index in [0.717, 1.165) is 33.5 Å². The number of fused-ring (bicyclic) bond motifs is 3. The lowest BCUT2D eigenvalue weighted by atomic mass is 9.96. The van der Waals surface area contributed by atoms with Crippen LogP contribution in [0.15, 0.2) is 50.7 Å². The van der Waals surface area contributed by atoms with Crippen molar-refractivity contribution in [2.45, 2.75) is 36.1 Å². The zero-order valence-electron chi connectivity index (χ0n) is 16.6. The number of esters is 1. The maximum absolute atomic E-state index is 14.1. The van der Waals surface area contributed by atoms with E-state index in [2.05, 4.69) is 20.5 Å². The lowest BCUT2D eigenvalue weighted by Gasteiger charge is -2.24. The average molecular weight is 515 g/mol. The van der Waals surface area contributed by atoms with Crippen molar-refractivity contribution in [3.63, 3.8) is 0 Å². The third-order valence-corrected chi connectivity index (χ3v) is 6.96. The van der Waals surface area contributed by atoms with Crippen LogP contribution in [0.4, 0.5) is 4.39 Å². The summed E-state index contributed by atoms with van der Waals surface area (Å²) >= 11 is 11.2. The van der Waals surface area contributed by atoms with Crippen LogP contribution in [-0.4, -0.2) is 29.4 Å². The smallest absolute Gasteiger partial charge is 0.309 e. The summed E-state index contributed by atoms with van der Waals surface area (Å²) < 4.78 is 22.2. The van der Waals surface area contributed by atoms with Crippen LogP contribution in [0.2, 0.25) is 5.02 Å². The Morgan fingerprint density at radius 3 is 2.70 bits per heavy atom. The van der Waals surface area contributed by atoms with E-state index in [1.807, 2.05) is 31.2 Å². The van der Waals surface area contributed by atoms with Gasteiger partial charge in [0, 0.05) is 50.4 Å². The predicted molar refractivity (Wildman–Crippen MR) is 122 cm³/mol. The largest absolute Gasteiger partial charge is 0.466 e. The number of hydrogen-bond donors (Lipinski definition) is 1. The molecule has 0 fully saturated rings. The molecular weight excluding hydrogens is 493 g/mol. The van der Waals surface area contributed by atoms with Gasteiger partial charge in [-0.1, -0.05) is 23.4 Å². The summed E-state index contributed by atoms with van der Waals surface area (Å²) in [4.78, 5) is 14.4. The molecule has 0 saturated carbocycles. The number of aromatic nitrogens is 1. The molecule has 0 bridgehead atoms. The SMILES string of the molecule is CCOC(=O)C1CCn2c(c(Sc3ccc(Cl)cc3)c3c(Br)cc(F)cc32)C1.CO. The van der Waals surface area contributed by atoms with E-state index >= 15 is 0 Å². The van der Waals surface area contributed by atoms with E-state index in [0.29, 0.717) is 35.5 Å². The number of benzene rings is 2. The molecule has 3 aromatic rings. The number of carbonyl (C=O) groups excluding carboxylic acids is 1. The molecule has 0 radical (unpaired) electrons. The van der Waals surface area contributed by atoms with Crippen molar-refractivity contribution in [1.82, 2.24) is 4.57 Å². The second kappa shape index (κ2) is 10.2. The first kappa shape index (κ1) is 23.1. The summed E-state index contributed by atoms with van der Waals surface area (Å²) in [5.74, 6) is -0.619. The van der Waals surface area contributed by atoms with Crippen molar-refractivity contribution in [3.05, 3.63) is 57.4 Å². The Morgan fingerprint density at radius 1 is 1.33 bits per heavy atom. The van der Waals surface area contributed by atoms with Gasteiger partial charge < -0.3 is 14.4 Å². The van der Waals surface area contributed by atoms with Crippen LogP contribution in [0.3, 0.4) is 0 Å². The minimum absolute atomic E-state index is 0.160. The minimum Gasteiger partial charge on any atom is -0.466 e. The third-order valence-electron chi connectivity index (χ3n) is 4.93. The highest BCUT2D eigenvalue weighted by Crippen LogP contribution is 2.44. The molecule has 4 nitrogen and oxygen atoms in total. The van der Waals surface area contributed by atoms with Crippen LogP contribution < -0.4 is 0 Å². The number of hydrogen-bond acceptors (Lipinski definition) is 4. The highest BCUT2D eigenvalue weighted by molar-refractivity contribution is 9.10. The predicted octanol–water partition coefficient (Wildman–Crippen LogP) is 6.08. The van der Waals surface area contributed by atoms with Gasteiger partial charge in [-0.05, 0) is 65.7 Å². The van der Waals surface area contributed by atoms with E-state index in [1.165, 1.54) is 6.07 Å². The van der Waals surface area contributed by atoms with Gasteiger partial charge in [0.15, 0.2) is 0 Å². The Morgan fingerprint density at radius 2 is 2.03 bits per heavy atom. The lowest BCUT2D eigenvalue weighted by Crippen LogP contribution is -2.27. The Hall–Kier alpha value is -1.54. The van der Waals surface area contributed by atoms with Crippen molar-refractivity contribution in [2.75, 3.05) is 13.7 Å². The topological polar surface area (TPSA) is 51.5 Å². The molecule has 1 N–H and O–H groups in total. The molecular formula is C22H22BrClFNO3S. The van der Waals surface area contributed by atoms with Gasteiger partial charge in [0.2, 0.25) is 0 Å². The highest BCUT2D eigenvalue weighted by atomic mass is 79.9. The molecule has 1 aliphatic heterocycles. The number of aryl methyl sites for hydroxylation is 1. The molecule has 1 aromatic heterocycles. The summed E-state index contributed by atoms with van der Waals surface area (Å²) in [6, 6.07) is 10.7. The number of carbonyl (C=O) groups is 1. The van der Waals surface area contributed by atoms with Crippen molar-refractivity contribution in [3.8, 4) is 0 Å². The highest BCUT2D eigenvalue weighted by Gasteiger charge is 2.31. The van der Waals surface area contributed by atoms with Crippen LogP contribution >= 0.6 is 39.3 Å². The van der Waals surface area contributed by atoms with Gasteiger partial charge in [0.25, 0.3) is 0 Å². The number of aliphatic hydroxyl groups excluding tert-OH is 1. The number of rotatable bonds is 4. The van der Waals surface area contributed by atoms with E-state index in [4.69, 9.17) is 21.4 Å². The van der Waals surface area contributed by atoms with Crippen molar-refractivity contribution in [2.24, 2.45) is 5.92 Å². The maximum atomic E-state index is 14.1. The Labute approximate surface area is 192 Å². The Kier molecular flexibility index (Phi) is 7.85. The maximum Gasteiger partial charge on any atom is 0.309 e. The van der Waals surface area contributed by atoms with E-state index in [9.17, 15) is 9.18 Å². The summed E-state index contributed by atoms with van der Waals surface area (Å²) in [6.45, 7) is 2.85. The monoisotopic (exact) mass is 513 g/mol. The van der Waals surface area contributed by atoms with Gasteiger partial charge in [-0.3, -0.25) is 4.79 Å². The second-order valence-corrected chi connectivity index (χ2v) is 9.08. The normalized spacial score (nSPS) is 15.3. The third kappa shape index (κ3) is 4.69. The van der Waals surface area contributed by atoms with Crippen molar-refractivity contribution < 1.29 is 19.0 Å². The van der Waals surface area contributed by atoms with Crippen LogP contribution in [-0.2, 0) is 22.5 Å². The fourth-order valence-corrected chi connectivity index (χ4v) is 5.69. The fraction of sp³-hybridized carbons (Fsp3) is 0.318. The molecule has 1 atom stereocenters. The Bertz CT molecular complexity index is 1050. The zero-order chi connectivity index (χ0) is 21.8. The lowest BCUT2D eigenvalue weighted by molar-refractivity contribution is -0.148. The summed E-state index contributed by atoms with van der Waals surface area (Å²) in [7, 11) is 1.00. The zero-order valence-corrected chi connectivity index (χ0v) is 19.8. The summed E-state index contributed by atoms with van der Waals surface area (Å²) in [5, 5.41) is 8.65. The van der Waals surface area contributed by atoms with Gasteiger partial charge in [-0.25, -0.2) is 4.39 Å². The molecule has 30 heavy (non-hydrogen) atoms. The van der Waals surface area contributed by atoms with Crippen LogP contribution in [0.25, 0.3) is 10.9 Å². The van der Waals surface area contributed by atoms with Crippen molar-refractivity contribution in [1.29, 1.82) is 0 Å². The van der Waals surface area contributed by atoms with Gasteiger partial charge in [-0.15, -0.1) is 0 Å². The van der Waals surface area contributed by atoms with Crippen LogP contribution in [0.1, 0.15) is 19.0 Å². The molecule has 160 valence electrons. The number of halogens is 3. The van der Waals surface area contributed by atoms with E-state index in [-0.39, 0.29) is 17.7 Å². The average Bonchev–Trinajstić information content (AvgIpc) is 3.04. The van der Waals surface area contributed by atoms with E-state index < -0.39 is 0 Å². The Balaban J connectivity index is 0.00000124. The molecule has 0 aliphatic carbocycles. The van der Waals surface area contributed by atoms with Gasteiger partial charge >= 0.3 is 5.97 Å². The molecule has 0 spiro atoms. The molecule has 0 amide bonds. The van der Waals surface area contributed by atoms with Crippen molar-refractivity contribution >= 4 is 56.2 Å². The minimum atomic E-state index is -0.282. The molecule has 2 heterocycles. The second-order valence-electron chi connectivity index (χ2n) is 6.71. The molecule has 1 unspecified atom stereocenters. The van der Waals surface area contributed by atoms with Gasteiger partial charge in [0.1, 0.15) is 5.82 Å². The molecule has 1 aliphatic rings. The van der Waals surface area contributed by atoms with Gasteiger partial charge in [0.05, 0.1) is 18.0 Å². The van der Waals surface area contributed by atoms with Crippen LogP contribution in [0, 0.1) is 11.7 Å².